The largest absolute Gasteiger partial charge is 0.453 e. The molecule has 0 aromatic heterocycles. The Balaban J connectivity index is 1.21. The molecule has 3 aliphatic rings. The molecule has 1 atom stereocenters. The predicted molar refractivity (Wildman–Crippen MR) is 113 cm³/mol. The van der Waals surface area contributed by atoms with Crippen molar-refractivity contribution in [2.75, 3.05) is 11.9 Å². The topological polar surface area (TPSA) is 105 Å². The van der Waals surface area contributed by atoms with Crippen molar-refractivity contribution in [3.63, 3.8) is 0 Å². The second-order valence-corrected chi connectivity index (χ2v) is 8.74. The second kappa shape index (κ2) is 8.69. The fourth-order valence-corrected chi connectivity index (χ4v) is 4.78. The van der Waals surface area contributed by atoms with Gasteiger partial charge in [0.15, 0.2) is 6.10 Å². The summed E-state index contributed by atoms with van der Waals surface area (Å²) in [5, 5.41) is 5.62. The highest BCUT2D eigenvalue weighted by molar-refractivity contribution is 6.07. The lowest BCUT2D eigenvalue weighted by atomic mass is 9.98. The Labute approximate surface area is 181 Å². The first-order chi connectivity index (χ1) is 14.9. The predicted octanol–water partition coefficient (Wildman–Crippen LogP) is 2.69. The number of aryl methyl sites for hydroxylation is 2. The van der Waals surface area contributed by atoms with Crippen molar-refractivity contribution < 1.29 is 23.9 Å². The highest BCUT2D eigenvalue weighted by Crippen LogP contribution is 2.35. The second-order valence-electron chi connectivity index (χ2n) is 8.74. The summed E-state index contributed by atoms with van der Waals surface area (Å²) in [6.07, 6.45) is 5.82. The van der Waals surface area contributed by atoms with Crippen LogP contribution in [0, 0.1) is 0 Å². The number of carbonyl (C=O) groups excluding carboxylic acids is 4. The third kappa shape index (κ3) is 4.43. The van der Waals surface area contributed by atoms with Crippen molar-refractivity contribution in [3.8, 4) is 0 Å². The van der Waals surface area contributed by atoms with Gasteiger partial charge in [-0.3, -0.25) is 19.3 Å². The number of benzene rings is 1. The molecule has 4 rings (SSSR count). The van der Waals surface area contributed by atoms with E-state index in [0.717, 1.165) is 32.1 Å². The summed E-state index contributed by atoms with van der Waals surface area (Å²) in [7, 11) is 0. The van der Waals surface area contributed by atoms with Gasteiger partial charge in [-0.25, -0.2) is 4.79 Å². The zero-order valence-electron chi connectivity index (χ0n) is 17.9. The third-order valence-corrected chi connectivity index (χ3v) is 6.51. The molecule has 1 aromatic rings. The smallest absolute Gasteiger partial charge is 0.325 e. The van der Waals surface area contributed by atoms with Crippen molar-refractivity contribution in [1.29, 1.82) is 0 Å². The first kappa shape index (κ1) is 21.3. The average Bonchev–Trinajstić information content (AvgIpc) is 3.44. The van der Waals surface area contributed by atoms with Crippen molar-refractivity contribution in [3.05, 3.63) is 29.3 Å². The van der Waals surface area contributed by atoms with Gasteiger partial charge in [0, 0.05) is 18.7 Å². The minimum atomic E-state index is -0.931. The summed E-state index contributed by atoms with van der Waals surface area (Å²) in [6.45, 7) is 1.69. The third-order valence-electron chi connectivity index (χ3n) is 6.51. The number of fused-ring (bicyclic) bond motifs is 1. The van der Waals surface area contributed by atoms with E-state index in [1.54, 1.807) is 0 Å². The normalized spacial score (nSPS) is 20.0. The molecule has 8 heteroatoms. The Hall–Kier alpha value is -2.90. The molecule has 1 aromatic carbocycles. The quantitative estimate of drug-likeness (QED) is 0.514. The minimum Gasteiger partial charge on any atom is -0.453 e. The first-order valence-electron chi connectivity index (χ1n) is 11.1. The van der Waals surface area contributed by atoms with E-state index >= 15 is 0 Å². The lowest BCUT2D eigenvalue weighted by molar-refractivity contribution is -0.153. The summed E-state index contributed by atoms with van der Waals surface area (Å²) < 4.78 is 5.23. The Bertz CT molecular complexity index is 906. The molecule has 1 spiro atoms. The van der Waals surface area contributed by atoms with Crippen LogP contribution in [-0.4, -0.2) is 46.9 Å². The number of carbonyl (C=O) groups is 4. The molecule has 1 unspecified atom stereocenters. The van der Waals surface area contributed by atoms with E-state index in [9.17, 15) is 19.2 Å². The summed E-state index contributed by atoms with van der Waals surface area (Å²) >= 11 is 0. The van der Waals surface area contributed by atoms with Crippen LogP contribution >= 0.6 is 0 Å². The molecule has 2 N–H and O–H groups in total. The standard InChI is InChI=1S/C23H29N3O5/c1-15(20(28)24-18-10-9-16-6-4-7-17(16)14-18)31-19(27)8-5-13-26-21(29)23(25-22(26)30)11-2-3-12-23/h9-10,14-15H,2-8,11-13H2,1H3,(H,24,28)(H,25,30). The van der Waals surface area contributed by atoms with E-state index in [1.165, 1.54) is 23.0 Å². The van der Waals surface area contributed by atoms with Gasteiger partial charge in [-0.2, -0.15) is 0 Å². The Morgan fingerprint density at radius 2 is 1.90 bits per heavy atom. The van der Waals surface area contributed by atoms with Crippen LogP contribution in [-0.2, 0) is 32.0 Å². The van der Waals surface area contributed by atoms with Crippen LogP contribution in [0.1, 0.15) is 63.0 Å². The van der Waals surface area contributed by atoms with E-state index in [1.807, 2.05) is 18.2 Å². The summed E-state index contributed by atoms with van der Waals surface area (Å²) in [5.41, 5.74) is 2.54. The van der Waals surface area contributed by atoms with Crippen LogP contribution in [0.25, 0.3) is 0 Å². The zero-order chi connectivity index (χ0) is 22.0. The number of hydrogen-bond acceptors (Lipinski definition) is 5. The summed E-state index contributed by atoms with van der Waals surface area (Å²) in [6, 6.07) is 5.48. The number of hydrogen-bond donors (Lipinski definition) is 2. The molecule has 0 radical (unpaired) electrons. The summed E-state index contributed by atoms with van der Waals surface area (Å²) in [5.74, 6) is -1.10. The molecule has 0 bridgehead atoms. The number of imide groups is 1. The molecule has 2 aliphatic carbocycles. The minimum absolute atomic E-state index is 0.0283. The maximum atomic E-state index is 12.6. The first-order valence-corrected chi connectivity index (χ1v) is 11.1. The highest BCUT2D eigenvalue weighted by atomic mass is 16.5. The molecule has 1 saturated carbocycles. The van der Waals surface area contributed by atoms with Crippen molar-refractivity contribution >= 4 is 29.5 Å². The van der Waals surface area contributed by atoms with Crippen LogP contribution < -0.4 is 10.6 Å². The molecule has 4 amide bonds. The molecule has 8 nitrogen and oxygen atoms in total. The van der Waals surface area contributed by atoms with Crippen molar-refractivity contribution in [2.45, 2.75) is 76.4 Å². The van der Waals surface area contributed by atoms with Gasteiger partial charge in [-0.15, -0.1) is 0 Å². The van der Waals surface area contributed by atoms with Gasteiger partial charge in [0.05, 0.1) is 0 Å². The van der Waals surface area contributed by atoms with Crippen molar-refractivity contribution in [1.82, 2.24) is 10.2 Å². The number of urea groups is 1. The molecule has 1 aliphatic heterocycles. The highest BCUT2D eigenvalue weighted by Gasteiger charge is 2.52. The SMILES string of the molecule is CC(OC(=O)CCCN1C(=O)NC2(CCCC2)C1=O)C(=O)Nc1ccc2c(c1)CCC2. The summed E-state index contributed by atoms with van der Waals surface area (Å²) in [4.78, 5) is 50.5. The molecule has 1 saturated heterocycles. The number of amides is 4. The van der Waals surface area contributed by atoms with Gasteiger partial charge in [0.1, 0.15) is 5.54 Å². The lowest BCUT2D eigenvalue weighted by Gasteiger charge is -2.20. The molecule has 31 heavy (non-hydrogen) atoms. The Morgan fingerprint density at radius 3 is 2.68 bits per heavy atom. The molecule has 1 heterocycles. The fourth-order valence-electron chi connectivity index (χ4n) is 4.78. The van der Waals surface area contributed by atoms with Crippen LogP contribution in [0.4, 0.5) is 10.5 Å². The van der Waals surface area contributed by atoms with Gasteiger partial charge in [-0.1, -0.05) is 18.9 Å². The fraction of sp³-hybridized carbons (Fsp3) is 0.565. The van der Waals surface area contributed by atoms with Gasteiger partial charge < -0.3 is 15.4 Å². The maximum Gasteiger partial charge on any atom is 0.325 e. The monoisotopic (exact) mass is 427 g/mol. The van der Waals surface area contributed by atoms with Crippen LogP contribution in [0.2, 0.25) is 0 Å². The number of nitrogens with zero attached hydrogens (tertiary/aromatic N) is 1. The Kier molecular flexibility index (Phi) is 5.98. The van der Waals surface area contributed by atoms with E-state index < -0.39 is 17.6 Å². The maximum absolute atomic E-state index is 12.6. The van der Waals surface area contributed by atoms with E-state index in [0.29, 0.717) is 24.9 Å². The number of anilines is 1. The van der Waals surface area contributed by atoms with Gasteiger partial charge in [-0.05, 0) is 68.7 Å². The molecule has 2 fully saturated rings. The van der Waals surface area contributed by atoms with Crippen LogP contribution in [0.15, 0.2) is 18.2 Å². The zero-order valence-corrected chi connectivity index (χ0v) is 17.9. The van der Waals surface area contributed by atoms with Gasteiger partial charge in [0.25, 0.3) is 11.8 Å². The number of rotatable bonds is 7. The Morgan fingerprint density at radius 1 is 1.16 bits per heavy atom. The number of nitrogens with one attached hydrogen (secondary N) is 2. The average molecular weight is 428 g/mol. The van der Waals surface area contributed by atoms with Crippen LogP contribution in [0.5, 0.6) is 0 Å². The van der Waals surface area contributed by atoms with E-state index in [2.05, 4.69) is 10.6 Å². The molecular formula is C23H29N3O5. The van der Waals surface area contributed by atoms with Gasteiger partial charge >= 0.3 is 12.0 Å². The molecule has 166 valence electrons. The molecular weight excluding hydrogens is 398 g/mol. The van der Waals surface area contributed by atoms with Crippen LogP contribution in [0.3, 0.4) is 0 Å². The van der Waals surface area contributed by atoms with E-state index in [-0.39, 0.29) is 30.8 Å². The number of ether oxygens (including phenoxy) is 1. The van der Waals surface area contributed by atoms with Gasteiger partial charge in [0.2, 0.25) is 0 Å². The van der Waals surface area contributed by atoms with Crippen molar-refractivity contribution in [2.24, 2.45) is 0 Å². The number of esters is 1. The lowest BCUT2D eigenvalue weighted by Crippen LogP contribution is -2.44. The van der Waals surface area contributed by atoms with E-state index in [4.69, 9.17) is 4.74 Å².